The van der Waals surface area contributed by atoms with Crippen molar-refractivity contribution in [3.63, 3.8) is 0 Å². The maximum Gasteiger partial charge on any atom is 0.115 e. The Hall–Kier alpha value is -1.02. The van der Waals surface area contributed by atoms with Crippen molar-refractivity contribution in [1.82, 2.24) is 4.90 Å². The van der Waals surface area contributed by atoms with Crippen molar-refractivity contribution in [2.75, 3.05) is 19.6 Å². The molecular weight excluding hydrogens is 210 g/mol. The van der Waals surface area contributed by atoms with Crippen LogP contribution in [0.3, 0.4) is 0 Å². The summed E-state index contributed by atoms with van der Waals surface area (Å²) in [4.78, 5) is 2.61. The van der Waals surface area contributed by atoms with Gasteiger partial charge in [-0.05, 0) is 74.4 Å². The number of aromatic hydroxyl groups is 1. The molecule has 0 saturated carbocycles. The Kier molecular flexibility index (Phi) is 3.06. The lowest BCUT2D eigenvalue weighted by molar-refractivity contribution is 0.261. The number of benzene rings is 1. The third-order valence-corrected chi connectivity index (χ3v) is 4.24. The Balaban J connectivity index is 1.67. The second kappa shape index (κ2) is 4.69. The van der Waals surface area contributed by atoms with Gasteiger partial charge in [0.05, 0.1) is 0 Å². The number of phenolic OH excluding ortho intramolecular Hbond substituents is 1. The summed E-state index contributed by atoms with van der Waals surface area (Å²) in [6, 6.07) is 5.88. The highest BCUT2D eigenvalue weighted by molar-refractivity contribution is 5.36. The van der Waals surface area contributed by atoms with Gasteiger partial charge in [-0.2, -0.15) is 0 Å². The minimum absolute atomic E-state index is 0.422. The van der Waals surface area contributed by atoms with Crippen LogP contribution in [0.5, 0.6) is 5.75 Å². The predicted octanol–water partition coefficient (Wildman–Crippen LogP) is 2.59. The minimum atomic E-state index is 0.422. The summed E-state index contributed by atoms with van der Waals surface area (Å²) in [7, 11) is 0. The monoisotopic (exact) mass is 231 g/mol. The van der Waals surface area contributed by atoms with E-state index in [0.29, 0.717) is 5.75 Å². The predicted molar refractivity (Wildman–Crippen MR) is 69.3 cm³/mol. The highest BCUT2D eigenvalue weighted by Gasteiger charge is 2.22. The highest BCUT2D eigenvalue weighted by atomic mass is 16.3. The standard InChI is InChI=1S/C15H21NO/c17-15-6-5-13-4-3-12(9-14(13)10-15)11-16-7-1-2-8-16/h5-6,10,12,17H,1-4,7-9,11H2. The molecule has 92 valence electrons. The van der Waals surface area contributed by atoms with Crippen molar-refractivity contribution in [3.05, 3.63) is 29.3 Å². The molecule has 1 aliphatic carbocycles. The van der Waals surface area contributed by atoms with Crippen LogP contribution in [0.4, 0.5) is 0 Å². The van der Waals surface area contributed by atoms with Crippen LogP contribution >= 0.6 is 0 Å². The Labute approximate surface area is 103 Å². The van der Waals surface area contributed by atoms with E-state index < -0.39 is 0 Å². The number of phenols is 1. The van der Waals surface area contributed by atoms with Gasteiger partial charge in [-0.3, -0.25) is 0 Å². The van der Waals surface area contributed by atoms with Crippen LogP contribution in [-0.4, -0.2) is 29.6 Å². The summed E-state index contributed by atoms with van der Waals surface area (Å²) in [5.74, 6) is 1.22. The topological polar surface area (TPSA) is 23.5 Å². The lowest BCUT2D eigenvalue weighted by Crippen LogP contribution is -2.30. The number of hydrogen-bond acceptors (Lipinski definition) is 2. The molecule has 0 amide bonds. The van der Waals surface area contributed by atoms with Gasteiger partial charge >= 0.3 is 0 Å². The third-order valence-electron chi connectivity index (χ3n) is 4.24. The van der Waals surface area contributed by atoms with Crippen LogP contribution in [0.1, 0.15) is 30.4 Å². The third kappa shape index (κ3) is 2.47. The van der Waals surface area contributed by atoms with Crippen LogP contribution < -0.4 is 0 Å². The fourth-order valence-electron chi connectivity index (χ4n) is 3.31. The first kappa shape index (κ1) is 11.1. The summed E-state index contributed by atoms with van der Waals surface area (Å²) < 4.78 is 0. The van der Waals surface area contributed by atoms with Gasteiger partial charge in [-0.1, -0.05) is 6.07 Å². The van der Waals surface area contributed by atoms with Crippen molar-refractivity contribution in [2.24, 2.45) is 5.92 Å². The maximum absolute atomic E-state index is 9.55. The van der Waals surface area contributed by atoms with Crippen LogP contribution in [0.2, 0.25) is 0 Å². The second-order valence-electron chi connectivity index (χ2n) is 5.57. The molecule has 17 heavy (non-hydrogen) atoms. The molecule has 1 heterocycles. The molecule has 0 aromatic heterocycles. The number of nitrogens with zero attached hydrogens (tertiary/aromatic N) is 1. The average molecular weight is 231 g/mol. The Morgan fingerprint density at radius 2 is 2.00 bits per heavy atom. The molecule has 1 saturated heterocycles. The fourth-order valence-corrected chi connectivity index (χ4v) is 3.31. The normalized spacial score (nSPS) is 24.8. The quantitative estimate of drug-likeness (QED) is 0.845. The van der Waals surface area contributed by atoms with Gasteiger partial charge in [0, 0.05) is 6.54 Å². The molecular formula is C15H21NO. The van der Waals surface area contributed by atoms with Crippen molar-refractivity contribution in [1.29, 1.82) is 0 Å². The van der Waals surface area contributed by atoms with E-state index in [9.17, 15) is 5.11 Å². The van der Waals surface area contributed by atoms with E-state index in [0.717, 1.165) is 12.3 Å². The second-order valence-corrected chi connectivity index (χ2v) is 5.57. The minimum Gasteiger partial charge on any atom is -0.508 e. The van der Waals surface area contributed by atoms with Gasteiger partial charge in [0.15, 0.2) is 0 Å². The first-order valence-electron chi connectivity index (χ1n) is 6.84. The molecule has 0 spiro atoms. The van der Waals surface area contributed by atoms with Gasteiger partial charge in [-0.15, -0.1) is 0 Å². The molecule has 0 bridgehead atoms. The van der Waals surface area contributed by atoms with Crippen molar-refractivity contribution < 1.29 is 5.11 Å². The Bertz CT molecular complexity index is 396. The summed E-state index contributed by atoms with van der Waals surface area (Å²) in [6.45, 7) is 3.85. The molecule has 1 fully saturated rings. The molecule has 1 aromatic carbocycles. The van der Waals surface area contributed by atoms with Crippen LogP contribution in [0.25, 0.3) is 0 Å². The lowest BCUT2D eigenvalue weighted by atomic mass is 9.83. The van der Waals surface area contributed by atoms with Gasteiger partial charge in [0.2, 0.25) is 0 Å². The fraction of sp³-hybridized carbons (Fsp3) is 0.600. The zero-order chi connectivity index (χ0) is 11.7. The average Bonchev–Trinajstić information content (AvgIpc) is 2.81. The molecule has 1 atom stereocenters. The van der Waals surface area contributed by atoms with Gasteiger partial charge in [0.1, 0.15) is 5.75 Å². The molecule has 0 radical (unpaired) electrons. The molecule has 1 N–H and O–H groups in total. The lowest BCUT2D eigenvalue weighted by Gasteiger charge is -2.28. The number of rotatable bonds is 2. The van der Waals surface area contributed by atoms with Crippen molar-refractivity contribution in [2.45, 2.75) is 32.1 Å². The SMILES string of the molecule is Oc1ccc2c(c1)CC(CN1CCCC1)CC2. The molecule has 1 aliphatic heterocycles. The van der Waals surface area contributed by atoms with E-state index >= 15 is 0 Å². The highest BCUT2D eigenvalue weighted by Crippen LogP contribution is 2.29. The van der Waals surface area contributed by atoms with E-state index in [4.69, 9.17) is 0 Å². The molecule has 3 rings (SSSR count). The first-order valence-corrected chi connectivity index (χ1v) is 6.84. The smallest absolute Gasteiger partial charge is 0.115 e. The van der Waals surface area contributed by atoms with E-state index in [1.54, 1.807) is 0 Å². The van der Waals surface area contributed by atoms with Crippen molar-refractivity contribution in [3.8, 4) is 5.75 Å². The summed E-state index contributed by atoms with van der Waals surface area (Å²) in [5, 5.41) is 9.55. The summed E-state index contributed by atoms with van der Waals surface area (Å²) >= 11 is 0. The van der Waals surface area contributed by atoms with Crippen LogP contribution in [0, 0.1) is 5.92 Å². The maximum atomic E-state index is 9.55. The molecule has 1 unspecified atom stereocenters. The largest absolute Gasteiger partial charge is 0.508 e. The summed E-state index contributed by atoms with van der Waals surface area (Å²) in [6.07, 6.45) is 6.41. The number of likely N-dealkylation sites (tertiary alicyclic amines) is 1. The molecule has 2 aliphatic rings. The van der Waals surface area contributed by atoms with E-state index in [1.165, 1.54) is 56.4 Å². The Morgan fingerprint density at radius 3 is 2.82 bits per heavy atom. The Morgan fingerprint density at radius 1 is 1.18 bits per heavy atom. The molecule has 2 heteroatoms. The summed E-state index contributed by atoms with van der Waals surface area (Å²) in [5.41, 5.74) is 2.82. The molecule has 2 nitrogen and oxygen atoms in total. The number of fused-ring (bicyclic) bond motifs is 1. The van der Waals surface area contributed by atoms with E-state index in [-0.39, 0.29) is 0 Å². The van der Waals surface area contributed by atoms with Gasteiger partial charge < -0.3 is 10.0 Å². The number of hydrogen-bond donors (Lipinski definition) is 1. The molecule has 1 aromatic rings. The van der Waals surface area contributed by atoms with Crippen LogP contribution in [0.15, 0.2) is 18.2 Å². The van der Waals surface area contributed by atoms with Gasteiger partial charge in [0.25, 0.3) is 0 Å². The van der Waals surface area contributed by atoms with E-state index in [2.05, 4.69) is 11.0 Å². The number of aryl methyl sites for hydroxylation is 1. The van der Waals surface area contributed by atoms with Crippen LogP contribution in [-0.2, 0) is 12.8 Å². The van der Waals surface area contributed by atoms with E-state index in [1.807, 2.05) is 12.1 Å². The zero-order valence-electron chi connectivity index (χ0n) is 10.4. The van der Waals surface area contributed by atoms with Gasteiger partial charge in [-0.25, -0.2) is 0 Å². The van der Waals surface area contributed by atoms with Crippen molar-refractivity contribution >= 4 is 0 Å². The zero-order valence-corrected chi connectivity index (χ0v) is 10.4. The first-order chi connectivity index (χ1) is 8.31.